The number of nitrogen functional groups attached to an aromatic ring is 1. The molecule has 98 valence electrons. The Morgan fingerprint density at radius 1 is 1.11 bits per heavy atom. The van der Waals surface area contributed by atoms with Gasteiger partial charge in [-0.1, -0.05) is 17.7 Å². The van der Waals surface area contributed by atoms with Crippen LogP contribution in [0.1, 0.15) is 16.7 Å². The Bertz CT molecular complexity index is 618. The molecule has 19 heavy (non-hydrogen) atoms. The van der Waals surface area contributed by atoms with Crippen LogP contribution in [0.15, 0.2) is 36.4 Å². The van der Waals surface area contributed by atoms with E-state index >= 15 is 0 Å². The number of hydrogen-bond donors (Lipinski definition) is 2. The molecule has 2 aromatic rings. The number of nitrogens with two attached hydrogens (primary N) is 1. The van der Waals surface area contributed by atoms with Gasteiger partial charge in [-0.15, -0.1) is 0 Å². The van der Waals surface area contributed by atoms with Gasteiger partial charge in [0.1, 0.15) is 17.3 Å². The predicted octanol–water partition coefficient (Wildman–Crippen LogP) is 4.03. The molecule has 0 unspecified atom stereocenters. The van der Waals surface area contributed by atoms with E-state index in [1.165, 1.54) is 0 Å². The molecule has 0 amide bonds. The minimum Gasteiger partial charge on any atom is -0.457 e. The van der Waals surface area contributed by atoms with E-state index < -0.39 is 0 Å². The van der Waals surface area contributed by atoms with Crippen molar-refractivity contribution in [1.82, 2.24) is 0 Å². The highest BCUT2D eigenvalue weighted by atomic mass is 35.5. The Balaban J connectivity index is 2.42. The number of aryl methyl sites for hydroxylation is 2. The monoisotopic (exact) mass is 274 g/mol. The van der Waals surface area contributed by atoms with Crippen molar-refractivity contribution in [1.29, 1.82) is 5.41 Å². The predicted molar refractivity (Wildman–Crippen MR) is 78.5 cm³/mol. The largest absolute Gasteiger partial charge is 0.457 e. The highest BCUT2D eigenvalue weighted by molar-refractivity contribution is 6.30. The lowest BCUT2D eigenvalue weighted by atomic mass is 10.1. The van der Waals surface area contributed by atoms with E-state index in [1.807, 2.05) is 26.0 Å². The molecule has 4 heteroatoms. The van der Waals surface area contributed by atoms with E-state index in [2.05, 4.69) is 6.07 Å². The lowest BCUT2D eigenvalue weighted by Crippen LogP contribution is -2.12. The Morgan fingerprint density at radius 2 is 1.74 bits per heavy atom. The Hall–Kier alpha value is -2.00. The van der Waals surface area contributed by atoms with Gasteiger partial charge < -0.3 is 10.5 Å². The summed E-state index contributed by atoms with van der Waals surface area (Å²) < 4.78 is 5.81. The molecule has 0 aliphatic carbocycles. The zero-order valence-electron chi connectivity index (χ0n) is 10.8. The molecule has 0 aliphatic heterocycles. The lowest BCUT2D eigenvalue weighted by Gasteiger charge is -2.12. The minimum atomic E-state index is -0.0453. The standard InChI is InChI=1S/C15H15ClN2O/c1-9-5-10(2)7-12(6-9)19-14-8-11(16)3-4-13(14)15(17)18/h3-8H,1-2H3,(H3,17,18). The van der Waals surface area contributed by atoms with E-state index in [1.54, 1.807) is 18.2 Å². The number of nitrogens with one attached hydrogen (secondary N) is 1. The van der Waals surface area contributed by atoms with Crippen molar-refractivity contribution in [3.05, 3.63) is 58.1 Å². The summed E-state index contributed by atoms with van der Waals surface area (Å²) in [6, 6.07) is 11.0. The van der Waals surface area contributed by atoms with Crippen molar-refractivity contribution >= 4 is 17.4 Å². The first-order valence-corrected chi connectivity index (χ1v) is 6.23. The van der Waals surface area contributed by atoms with Crippen LogP contribution in [0, 0.1) is 19.3 Å². The first kappa shape index (κ1) is 13.4. The third-order valence-electron chi connectivity index (χ3n) is 2.66. The van der Waals surface area contributed by atoms with Crippen LogP contribution >= 0.6 is 11.6 Å². The number of halogens is 1. The molecule has 2 rings (SSSR count). The van der Waals surface area contributed by atoms with Crippen LogP contribution in [-0.4, -0.2) is 5.84 Å². The third-order valence-corrected chi connectivity index (χ3v) is 2.89. The van der Waals surface area contributed by atoms with Gasteiger partial charge in [-0.2, -0.15) is 0 Å². The number of ether oxygens (including phenoxy) is 1. The summed E-state index contributed by atoms with van der Waals surface area (Å²) in [6.07, 6.45) is 0. The molecule has 0 radical (unpaired) electrons. The van der Waals surface area contributed by atoms with Crippen molar-refractivity contribution in [2.75, 3.05) is 0 Å². The van der Waals surface area contributed by atoms with Crippen molar-refractivity contribution < 1.29 is 4.74 Å². The van der Waals surface area contributed by atoms with Crippen LogP contribution < -0.4 is 10.5 Å². The van der Waals surface area contributed by atoms with E-state index in [9.17, 15) is 0 Å². The maximum absolute atomic E-state index is 7.55. The molecule has 3 nitrogen and oxygen atoms in total. The van der Waals surface area contributed by atoms with E-state index in [0.717, 1.165) is 11.1 Å². The third kappa shape index (κ3) is 3.26. The molecule has 0 aromatic heterocycles. The molecule has 2 aromatic carbocycles. The average molecular weight is 275 g/mol. The summed E-state index contributed by atoms with van der Waals surface area (Å²) in [5, 5.41) is 8.10. The van der Waals surface area contributed by atoms with Crippen LogP contribution in [-0.2, 0) is 0 Å². The number of benzene rings is 2. The molecule has 3 N–H and O–H groups in total. The highest BCUT2D eigenvalue weighted by Crippen LogP contribution is 2.29. The van der Waals surface area contributed by atoms with Crippen molar-refractivity contribution in [3.8, 4) is 11.5 Å². The van der Waals surface area contributed by atoms with Crippen LogP contribution in [0.3, 0.4) is 0 Å². The average Bonchev–Trinajstić information content (AvgIpc) is 2.26. The van der Waals surface area contributed by atoms with E-state index in [4.69, 9.17) is 27.5 Å². The van der Waals surface area contributed by atoms with Crippen molar-refractivity contribution in [3.63, 3.8) is 0 Å². The summed E-state index contributed by atoms with van der Waals surface area (Å²) in [6.45, 7) is 4.01. The van der Waals surface area contributed by atoms with E-state index in [0.29, 0.717) is 22.1 Å². The molecular weight excluding hydrogens is 260 g/mol. The SMILES string of the molecule is Cc1cc(C)cc(Oc2cc(Cl)ccc2C(=N)N)c1. The molecule has 0 bridgehead atoms. The summed E-state index contributed by atoms with van der Waals surface area (Å²) in [7, 11) is 0. The highest BCUT2D eigenvalue weighted by Gasteiger charge is 2.09. The maximum Gasteiger partial charge on any atom is 0.139 e. The number of amidine groups is 1. The second kappa shape index (κ2) is 5.33. The summed E-state index contributed by atoms with van der Waals surface area (Å²) >= 11 is 5.96. The molecule has 0 fully saturated rings. The van der Waals surface area contributed by atoms with Gasteiger partial charge >= 0.3 is 0 Å². The first-order chi connectivity index (χ1) is 8.95. The second-order valence-corrected chi connectivity index (χ2v) is 4.92. The van der Waals surface area contributed by atoms with Gasteiger partial charge in [0.2, 0.25) is 0 Å². The molecular formula is C15H15ClN2O. The molecule has 0 aliphatic rings. The maximum atomic E-state index is 7.55. The normalized spacial score (nSPS) is 10.3. The Morgan fingerprint density at radius 3 is 2.32 bits per heavy atom. The zero-order chi connectivity index (χ0) is 14.0. The van der Waals surface area contributed by atoms with Crippen LogP contribution in [0.25, 0.3) is 0 Å². The van der Waals surface area contributed by atoms with Gasteiger partial charge in [0.05, 0.1) is 5.56 Å². The molecule has 0 heterocycles. The van der Waals surface area contributed by atoms with Gasteiger partial charge in [-0.3, -0.25) is 5.41 Å². The first-order valence-electron chi connectivity index (χ1n) is 5.86. The van der Waals surface area contributed by atoms with Crippen molar-refractivity contribution in [2.24, 2.45) is 5.73 Å². The van der Waals surface area contributed by atoms with Crippen LogP contribution in [0.4, 0.5) is 0 Å². The van der Waals surface area contributed by atoms with Gasteiger partial charge in [-0.25, -0.2) is 0 Å². The number of rotatable bonds is 3. The van der Waals surface area contributed by atoms with Crippen LogP contribution in [0.5, 0.6) is 11.5 Å². The second-order valence-electron chi connectivity index (χ2n) is 4.48. The Kier molecular flexibility index (Phi) is 3.76. The van der Waals surface area contributed by atoms with Gasteiger partial charge in [-0.05, 0) is 49.2 Å². The Labute approximate surface area is 117 Å². The smallest absolute Gasteiger partial charge is 0.139 e. The fraction of sp³-hybridized carbons (Fsp3) is 0.133. The van der Waals surface area contributed by atoms with Gasteiger partial charge in [0.25, 0.3) is 0 Å². The summed E-state index contributed by atoms with van der Waals surface area (Å²) in [4.78, 5) is 0. The van der Waals surface area contributed by atoms with E-state index in [-0.39, 0.29) is 5.84 Å². The number of hydrogen-bond acceptors (Lipinski definition) is 2. The lowest BCUT2D eigenvalue weighted by molar-refractivity contribution is 0.481. The molecule has 0 spiro atoms. The zero-order valence-corrected chi connectivity index (χ0v) is 11.6. The fourth-order valence-electron chi connectivity index (χ4n) is 1.92. The van der Waals surface area contributed by atoms with Gasteiger partial charge in [0, 0.05) is 11.1 Å². The quantitative estimate of drug-likeness (QED) is 0.656. The fourth-order valence-corrected chi connectivity index (χ4v) is 2.08. The summed E-state index contributed by atoms with van der Waals surface area (Å²) in [5.74, 6) is 1.16. The molecule has 0 atom stereocenters. The van der Waals surface area contributed by atoms with Gasteiger partial charge in [0.15, 0.2) is 0 Å². The van der Waals surface area contributed by atoms with Crippen molar-refractivity contribution in [2.45, 2.75) is 13.8 Å². The molecule has 0 saturated heterocycles. The van der Waals surface area contributed by atoms with Crippen LogP contribution in [0.2, 0.25) is 5.02 Å². The topological polar surface area (TPSA) is 59.1 Å². The molecule has 0 saturated carbocycles. The minimum absolute atomic E-state index is 0.0453. The summed E-state index contributed by atoms with van der Waals surface area (Å²) in [5.41, 5.74) is 8.29.